The molecular formula is C42H76N2O2. The van der Waals surface area contributed by atoms with E-state index in [0.717, 1.165) is 84.6 Å². The molecule has 0 aromatic rings. The number of rotatable bonds is 11. The van der Waals surface area contributed by atoms with Crippen molar-refractivity contribution in [2.24, 2.45) is 35.5 Å². The van der Waals surface area contributed by atoms with Gasteiger partial charge in [0.25, 0.3) is 0 Å². The van der Waals surface area contributed by atoms with Crippen molar-refractivity contribution in [2.45, 2.75) is 217 Å². The van der Waals surface area contributed by atoms with Gasteiger partial charge in [0.1, 0.15) is 0 Å². The summed E-state index contributed by atoms with van der Waals surface area (Å²) in [6.45, 7) is 5.74. The average molecular weight is 641 g/mol. The fourth-order valence-corrected chi connectivity index (χ4v) is 12.4. The molecule has 266 valence electrons. The van der Waals surface area contributed by atoms with Gasteiger partial charge in [-0.05, 0) is 202 Å². The number of nitrogens with zero attached hydrogens (tertiary/aromatic N) is 2. The van der Waals surface area contributed by atoms with Crippen LogP contribution in [0.25, 0.3) is 0 Å². The molecule has 4 nitrogen and oxygen atoms in total. The zero-order chi connectivity index (χ0) is 31.9. The lowest BCUT2D eigenvalue weighted by atomic mass is 9.70. The zero-order valence-corrected chi connectivity index (χ0v) is 30.5. The maximum Gasteiger partial charge on any atom is 0.0433 e. The lowest BCUT2D eigenvalue weighted by Crippen LogP contribution is -2.53. The molecule has 0 heterocycles. The van der Waals surface area contributed by atoms with Crippen molar-refractivity contribution in [3.63, 3.8) is 0 Å². The van der Waals surface area contributed by atoms with Crippen molar-refractivity contribution >= 4 is 0 Å². The molecule has 0 spiro atoms. The standard InChI is InChI=1S/C42H76N2O2/c1-31-3-15-37(16-4-31)43(38-17-5-32(2)6-18-38)41-23-11-35(12-24-41)36-13-25-42(26-14-36)44(39-19-7-33(8-20-39)27-29-45)40-21-9-34(10-22-40)28-30-46/h31-42,45-46H,3-30H2,1-2H3. The van der Waals surface area contributed by atoms with E-state index >= 15 is 0 Å². The van der Waals surface area contributed by atoms with Crippen molar-refractivity contribution in [3.05, 3.63) is 0 Å². The van der Waals surface area contributed by atoms with Crippen LogP contribution in [0.1, 0.15) is 181 Å². The molecule has 0 bridgehead atoms. The third-order valence-electron chi connectivity index (χ3n) is 15.4. The van der Waals surface area contributed by atoms with Gasteiger partial charge in [-0.1, -0.05) is 13.8 Å². The van der Waals surface area contributed by atoms with Gasteiger partial charge in [-0.3, -0.25) is 9.80 Å². The van der Waals surface area contributed by atoms with Crippen LogP contribution in [0.5, 0.6) is 0 Å². The number of hydrogen-bond donors (Lipinski definition) is 2. The van der Waals surface area contributed by atoms with Gasteiger partial charge >= 0.3 is 0 Å². The van der Waals surface area contributed by atoms with Gasteiger partial charge in [0.15, 0.2) is 0 Å². The Morgan fingerprint density at radius 3 is 0.848 bits per heavy atom. The maximum absolute atomic E-state index is 9.55. The summed E-state index contributed by atoms with van der Waals surface area (Å²) in [5.41, 5.74) is 0. The topological polar surface area (TPSA) is 46.9 Å². The van der Waals surface area contributed by atoms with E-state index in [1.807, 2.05) is 0 Å². The second-order valence-electron chi connectivity index (χ2n) is 18.2. The fraction of sp³-hybridized carbons (Fsp3) is 1.00. The van der Waals surface area contributed by atoms with Gasteiger partial charge in [-0.15, -0.1) is 0 Å². The van der Waals surface area contributed by atoms with Gasteiger partial charge in [-0.2, -0.15) is 0 Å². The Kier molecular flexibility index (Phi) is 13.7. The van der Waals surface area contributed by atoms with E-state index in [2.05, 4.69) is 23.6 Å². The third kappa shape index (κ3) is 9.14. The molecule has 6 saturated carbocycles. The number of aliphatic hydroxyl groups excluding tert-OH is 2. The van der Waals surface area contributed by atoms with E-state index in [1.165, 1.54) is 154 Å². The van der Waals surface area contributed by atoms with E-state index < -0.39 is 0 Å². The summed E-state index contributed by atoms with van der Waals surface area (Å²) in [5.74, 6) is 5.40. The first-order valence-corrected chi connectivity index (χ1v) is 21.3. The van der Waals surface area contributed by atoms with E-state index in [0.29, 0.717) is 13.2 Å². The van der Waals surface area contributed by atoms with Crippen LogP contribution in [-0.4, -0.2) is 69.5 Å². The van der Waals surface area contributed by atoms with Crippen LogP contribution in [0.4, 0.5) is 0 Å². The smallest absolute Gasteiger partial charge is 0.0433 e. The summed E-state index contributed by atoms with van der Waals surface area (Å²) in [6.07, 6.45) is 36.4. The molecule has 2 N–H and O–H groups in total. The van der Waals surface area contributed by atoms with Crippen LogP contribution in [-0.2, 0) is 0 Å². The molecule has 0 amide bonds. The Balaban J connectivity index is 1.03. The summed E-state index contributed by atoms with van der Waals surface area (Å²) in [4.78, 5) is 6.32. The Bertz CT molecular complexity index is 786. The highest BCUT2D eigenvalue weighted by atomic mass is 16.3. The molecule has 6 fully saturated rings. The van der Waals surface area contributed by atoms with Gasteiger partial charge in [0.2, 0.25) is 0 Å². The van der Waals surface area contributed by atoms with E-state index in [-0.39, 0.29) is 0 Å². The van der Waals surface area contributed by atoms with Crippen LogP contribution in [0.15, 0.2) is 0 Å². The van der Waals surface area contributed by atoms with Crippen LogP contribution >= 0.6 is 0 Å². The minimum atomic E-state index is 0.373. The zero-order valence-electron chi connectivity index (χ0n) is 30.5. The monoisotopic (exact) mass is 641 g/mol. The van der Waals surface area contributed by atoms with Gasteiger partial charge in [-0.25, -0.2) is 0 Å². The highest BCUT2D eigenvalue weighted by Crippen LogP contribution is 2.45. The van der Waals surface area contributed by atoms with Crippen molar-refractivity contribution in [1.29, 1.82) is 0 Å². The molecule has 0 aliphatic heterocycles. The first-order valence-electron chi connectivity index (χ1n) is 21.3. The van der Waals surface area contributed by atoms with Gasteiger partial charge in [0.05, 0.1) is 0 Å². The quantitative estimate of drug-likeness (QED) is 0.236. The summed E-state index contributed by atoms with van der Waals surface area (Å²) in [7, 11) is 0. The minimum absolute atomic E-state index is 0.373. The molecule has 0 unspecified atom stereocenters. The normalized spacial score (nSPS) is 43.2. The molecule has 0 atom stereocenters. The highest BCUT2D eigenvalue weighted by Gasteiger charge is 2.42. The molecule has 6 aliphatic carbocycles. The van der Waals surface area contributed by atoms with Crippen molar-refractivity contribution in [3.8, 4) is 0 Å². The lowest BCUT2D eigenvalue weighted by Gasteiger charge is -2.51. The Labute approximate surface area is 285 Å². The third-order valence-corrected chi connectivity index (χ3v) is 15.4. The first-order chi connectivity index (χ1) is 22.5. The van der Waals surface area contributed by atoms with Crippen LogP contribution in [0.3, 0.4) is 0 Å². The summed E-state index contributed by atoms with van der Waals surface area (Å²) < 4.78 is 0. The molecule has 4 heteroatoms. The van der Waals surface area contributed by atoms with Gasteiger partial charge < -0.3 is 10.2 Å². The molecule has 0 aromatic heterocycles. The molecule has 6 aliphatic rings. The predicted octanol–water partition coefficient (Wildman–Crippen LogP) is 9.75. The molecule has 0 saturated heterocycles. The van der Waals surface area contributed by atoms with E-state index in [4.69, 9.17) is 0 Å². The summed E-state index contributed by atoms with van der Waals surface area (Å²) >= 11 is 0. The van der Waals surface area contributed by atoms with Crippen molar-refractivity contribution in [1.82, 2.24) is 9.80 Å². The van der Waals surface area contributed by atoms with Crippen LogP contribution in [0.2, 0.25) is 0 Å². The number of aliphatic hydroxyl groups is 2. The van der Waals surface area contributed by atoms with E-state index in [9.17, 15) is 10.2 Å². The molecule has 0 radical (unpaired) electrons. The summed E-state index contributed by atoms with van der Waals surface area (Å²) in [5, 5.41) is 19.1. The molecule has 6 rings (SSSR count). The Morgan fingerprint density at radius 1 is 0.348 bits per heavy atom. The fourth-order valence-electron chi connectivity index (χ4n) is 12.4. The molecule has 0 aromatic carbocycles. The largest absolute Gasteiger partial charge is 0.396 e. The van der Waals surface area contributed by atoms with Crippen molar-refractivity contribution in [2.75, 3.05) is 13.2 Å². The lowest BCUT2D eigenvalue weighted by molar-refractivity contribution is -0.0140. The first kappa shape index (κ1) is 35.7. The molecular weight excluding hydrogens is 564 g/mol. The maximum atomic E-state index is 9.55. The van der Waals surface area contributed by atoms with Crippen molar-refractivity contribution < 1.29 is 10.2 Å². The van der Waals surface area contributed by atoms with Gasteiger partial charge in [0, 0.05) is 49.5 Å². The summed E-state index contributed by atoms with van der Waals surface area (Å²) in [6, 6.07) is 5.02. The molecule has 46 heavy (non-hydrogen) atoms. The Morgan fingerprint density at radius 2 is 0.587 bits per heavy atom. The second kappa shape index (κ2) is 17.7. The Hall–Kier alpha value is -0.160. The van der Waals surface area contributed by atoms with Crippen LogP contribution in [0, 0.1) is 35.5 Å². The predicted molar refractivity (Wildman–Crippen MR) is 193 cm³/mol. The minimum Gasteiger partial charge on any atom is -0.396 e. The SMILES string of the molecule is CC1CCC(N(C2CCC(C)CC2)C2CCC(C3CCC(N(C4CCC(CCO)CC4)C4CCC(CCO)CC4)CC3)CC2)CC1. The average Bonchev–Trinajstić information content (AvgIpc) is 3.09. The van der Waals surface area contributed by atoms with E-state index in [1.54, 1.807) is 0 Å². The second-order valence-corrected chi connectivity index (χ2v) is 18.2. The van der Waals surface area contributed by atoms with Crippen LogP contribution < -0.4 is 0 Å². The highest BCUT2D eigenvalue weighted by molar-refractivity contribution is 4.96. The number of hydrogen-bond acceptors (Lipinski definition) is 4.